The molecule has 4 rings (SSSR count). The molecule has 4 aromatic rings. The van der Waals surface area contributed by atoms with Crippen LogP contribution < -0.4 is 16.2 Å². The molecule has 0 fully saturated rings. The topological polar surface area (TPSA) is 130 Å². The minimum absolute atomic E-state index is 0.0100. The van der Waals surface area contributed by atoms with E-state index in [0.29, 0.717) is 27.6 Å². The van der Waals surface area contributed by atoms with Gasteiger partial charge in [-0.25, -0.2) is 4.98 Å². The molecule has 0 spiro atoms. The van der Waals surface area contributed by atoms with Gasteiger partial charge in [-0.05, 0) is 48.5 Å². The number of amides is 1. The van der Waals surface area contributed by atoms with Crippen molar-refractivity contribution in [3.8, 4) is 0 Å². The van der Waals surface area contributed by atoms with Gasteiger partial charge in [-0.2, -0.15) is 0 Å². The first-order valence-corrected chi connectivity index (χ1v) is 9.39. The van der Waals surface area contributed by atoms with E-state index in [4.69, 9.17) is 11.6 Å². The highest BCUT2D eigenvalue weighted by Crippen LogP contribution is 2.29. The molecule has 0 atom stereocenters. The van der Waals surface area contributed by atoms with E-state index in [1.807, 2.05) is 0 Å². The molecule has 3 N–H and O–H groups in total. The second kappa shape index (κ2) is 8.25. The number of aromatic amines is 1. The van der Waals surface area contributed by atoms with E-state index in [-0.39, 0.29) is 22.5 Å². The Labute approximate surface area is 179 Å². The summed E-state index contributed by atoms with van der Waals surface area (Å²) in [6.45, 7) is 0. The number of nitrogens with one attached hydrogen (secondary N) is 3. The van der Waals surface area contributed by atoms with Crippen molar-refractivity contribution in [3.05, 3.63) is 98.0 Å². The van der Waals surface area contributed by atoms with Crippen LogP contribution in [-0.2, 0) is 0 Å². The van der Waals surface area contributed by atoms with Gasteiger partial charge in [0.25, 0.3) is 17.2 Å². The van der Waals surface area contributed by atoms with Gasteiger partial charge in [0.15, 0.2) is 5.52 Å². The number of hydrogen-bond acceptors (Lipinski definition) is 6. The van der Waals surface area contributed by atoms with Crippen molar-refractivity contribution >= 4 is 51.2 Å². The highest BCUT2D eigenvalue weighted by Gasteiger charge is 2.18. The van der Waals surface area contributed by atoms with Gasteiger partial charge < -0.3 is 15.6 Å². The van der Waals surface area contributed by atoms with Gasteiger partial charge >= 0.3 is 0 Å². The molecule has 1 aromatic heterocycles. The predicted octanol–water partition coefficient (Wildman–Crippen LogP) is 4.48. The predicted molar refractivity (Wildman–Crippen MR) is 118 cm³/mol. The van der Waals surface area contributed by atoms with Crippen molar-refractivity contribution < 1.29 is 9.72 Å². The Kier molecular flexibility index (Phi) is 5.33. The minimum Gasteiger partial charge on any atom is -0.355 e. The number of aromatic nitrogens is 2. The molecule has 3 aromatic carbocycles. The zero-order chi connectivity index (χ0) is 22.0. The van der Waals surface area contributed by atoms with Crippen LogP contribution >= 0.6 is 11.6 Å². The smallest absolute Gasteiger partial charge is 0.295 e. The van der Waals surface area contributed by atoms with Crippen LogP contribution in [0.3, 0.4) is 0 Å². The molecule has 0 unspecified atom stereocenters. The molecule has 0 aliphatic carbocycles. The number of nitrogens with zero attached hydrogens (tertiary/aromatic N) is 2. The largest absolute Gasteiger partial charge is 0.355 e. The number of nitro benzene ring substituents is 1. The number of anilines is 3. The maximum atomic E-state index is 12.3. The number of H-pyrrole nitrogens is 1. The first-order chi connectivity index (χ1) is 14.9. The van der Waals surface area contributed by atoms with Gasteiger partial charge in [0.1, 0.15) is 0 Å². The van der Waals surface area contributed by atoms with E-state index >= 15 is 0 Å². The highest BCUT2D eigenvalue weighted by atomic mass is 35.5. The highest BCUT2D eigenvalue weighted by molar-refractivity contribution is 6.31. The van der Waals surface area contributed by atoms with Gasteiger partial charge in [-0.15, -0.1) is 0 Å². The number of nitro groups is 1. The number of non-ortho nitro benzene ring substituents is 1. The zero-order valence-electron chi connectivity index (χ0n) is 15.8. The monoisotopic (exact) mass is 435 g/mol. The average Bonchev–Trinajstić information content (AvgIpc) is 2.75. The van der Waals surface area contributed by atoms with Crippen LogP contribution in [0.4, 0.5) is 22.7 Å². The van der Waals surface area contributed by atoms with Gasteiger partial charge in [0, 0.05) is 28.0 Å². The van der Waals surface area contributed by atoms with E-state index in [0.717, 1.165) is 6.33 Å². The normalized spacial score (nSPS) is 10.6. The van der Waals surface area contributed by atoms with E-state index in [2.05, 4.69) is 20.6 Å². The lowest BCUT2D eigenvalue weighted by Crippen LogP contribution is -2.11. The molecule has 31 heavy (non-hydrogen) atoms. The van der Waals surface area contributed by atoms with E-state index in [1.165, 1.54) is 12.1 Å². The maximum Gasteiger partial charge on any atom is 0.295 e. The second-order valence-corrected chi connectivity index (χ2v) is 6.95. The molecule has 0 saturated carbocycles. The Balaban J connectivity index is 1.58. The minimum atomic E-state index is -0.587. The number of carbonyl (C=O) groups excluding carboxylic acids is 1. The van der Waals surface area contributed by atoms with E-state index < -0.39 is 10.5 Å². The summed E-state index contributed by atoms with van der Waals surface area (Å²) >= 11 is 5.91. The van der Waals surface area contributed by atoms with Gasteiger partial charge in [0.05, 0.1) is 22.3 Å². The number of carbonyl (C=O) groups is 1. The summed E-state index contributed by atoms with van der Waals surface area (Å²) < 4.78 is 0. The Morgan fingerprint density at radius 2 is 1.81 bits per heavy atom. The average molecular weight is 436 g/mol. The summed E-state index contributed by atoms with van der Waals surface area (Å²) in [4.78, 5) is 41.6. The Morgan fingerprint density at radius 3 is 2.52 bits per heavy atom. The molecule has 10 heteroatoms. The lowest BCUT2D eigenvalue weighted by atomic mass is 10.1. The third-order valence-corrected chi connectivity index (χ3v) is 4.71. The lowest BCUT2D eigenvalue weighted by Gasteiger charge is -2.10. The third kappa shape index (κ3) is 4.21. The molecule has 154 valence electrons. The third-order valence-electron chi connectivity index (χ3n) is 4.48. The molecule has 0 aliphatic heterocycles. The van der Waals surface area contributed by atoms with Crippen molar-refractivity contribution in [2.45, 2.75) is 0 Å². The number of benzene rings is 3. The van der Waals surface area contributed by atoms with Crippen LogP contribution in [0.15, 0.2) is 71.8 Å². The molecule has 1 amide bonds. The number of rotatable bonds is 5. The first-order valence-electron chi connectivity index (χ1n) is 9.01. The molecule has 1 heterocycles. The summed E-state index contributed by atoms with van der Waals surface area (Å²) in [7, 11) is 0. The Hall–Kier alpha value is -4.24. The second-order valence-electron chi connectivity index (χ2n) is 6.51. The number of halogens is 1. The Bertz CT molecular complexity index is 1370. The Morgan fingerprint density at radius 1 is 1.06 bits per heavy atom. The van der Waals surface area contributed by atoms with Crippen molar-refractivity contribution in [1.29, 1.82) is 0 Å². The molecular formula is C21H14ClN5O4. The molecule has 0 radical (unpaired) electrons. The van der Waals surface area contributed by atoms with Crippen LogP contribution in [0.25, 0.3) is 10.9 Å². The van der Waals surface area contributed by atoms with Gasteiger partial charge in [-0.3, -0.25) is 19.7 Å². The van der Waals surface area contributed by atoms with Gasteiger partial charge in [0.2, 0.25) is 0 Å². The van der Waals surface area contributed by atoms with Gasteiger partial charge in [-0.1, -0.05) is 17.7 Å². The van der Waals surface area contributed by atoms with Crippen molar-refractivity contribution in [1.82, 2.24) is 9.97 Å². The van der Waals surface area contributed by atoms with Crippen LogP contribution in [0.5, 0.6) is 0 Å². The summed E-state index contributed by atoms with van der Waals surface area (Å²) in [5, 5.41) is 17.6. The lowest BCUT2D eigenvalue weighted by molar-refractivity contribution is -0.383. The summed E-state index contributed by atoms with van der Waals surface area (Å²) in [5.74, 6) is -0.304. The summed E-state index contributed by atoms with van der Waals surface area (Å²) in [6.07, 6.45) is 1.12. The molecule has 9 nitrogen and oxygen atoms in total. The van der Waals surface area contributed by atoms with E-state index in [1.54, 1.807) is 48.5 Å². The standard InChI is InChI=1S/C21H14ClN5O4/c22-13-3-1-2-12(10-13)20(28)26-15-6-4-14(5-7-15)25-16-8-9-17(27(30)31)19-18(16)21(29)24-11-23-19/h1-11,25H,(H,26,28)(H,23,24,29). The number of hydrogen-bond donors (Lipinski definition) is 3. The van der Waals surface area contributed by atoms with Crippen molar-refractivity contribution in [2.24, 2.45) is 0 Å². The van der Waals surface area contributed by atoms with E-state index in [9.17, 15) is 19.7 Å². The molecule has 0 saturated heterocycles. The maximum absolute atomic E-state index is 12.3. The quantitative estimate of drug-likeness (QED) is 0.313. The van der Waals surface area contributed by atoms with Crippen LogP contribution in [0.1, 0.15) is 10.4 Å². The zero-order valence-corrected chi connectivity index (χ0v) is 16.5. The fourth-order valence-electron chi connectivity index (χ4n) is 3.05. The summed E-state index contributed by atoms with van der Waals surface area (Å²) in [5.41, 5.74) is 1.20. The first kappa shape index (κ1) is 20.0. The summed E-state index contributed by atoms with van der Waals surface area (Å²) in [6, 6.07) is 16.1. The number of fused-ring (bicyclic) bond motifs is 1. The van der Waals surface area contributed by atoms with Crippen LogP contribution in [0, 0.1) is 10.1 Å². The van der Waals surface area contributed by atoms with Crippen molar-refractivity contribution in [3.63, 3.8) is 0 Å². The SMILES string of the molecule is O=C(Nc1ccc(Nc2ccc([N+](=O)[O-])c3nc[nH]c(=O)c23)cc1)c1cccc(Cl)c1. The van der Waals surface area contributed by atoms with Crippen LogP contribution in [-0.4, -0.2) is 20.8 Å². The van der Waals surface area contributed by atoms with Crippen molar-refractivity contribution in [2.75, 3.05) is 10.6 Å². The molecule has 0 aliphatic rings. The fourth-order valence-corrected chi connectivity index (χ4v) is 3.24. The molecule has 0 bridgehead atoms. The van der Waals surface area contributed by atoms with Crippen LogP contribution in [0.2, 0.25) is 5.02 Å². The fraction of sp³-hybridized carbons (Fsp3) is 0. The molecular weight excluding hydrogens is 422 g/mol.